The number of esters is 1. The standard InChI is InChI=1S/C31H26O12/c1-2-41-31(40)19-4-12(29-23(37)10-17-20(34)5-13(32)7-25(17)42-29)3-15-16(9-22(36)28(39)27(15)19)30-24(38)11-18-21(35)6-14(33)8-26(18)43-30/h3-9,23-24,29-30,32-35,37-38H,2,10-11H2,1H3/t23-,24-,29-,30-/m1/s1. The van der Waals surface area contributed by atoms with E-state index in [2.05, 4.69) is 0 Å². The number of phenols is 4. The van der Waals surface area contributed by atoms with Gasteiger partial charge in [0.2, 0.25) is 11.6 Å². The molecule has 0 saturated heterocycles. The summed E-state index contributed by atoms with van der Waals surface area (Å²) >= 11 is 0. The first-order chi connectivity index (χ1) is 20.5. The fourth-order valence-corrected chi connectivity index (χ4v) is 5.79. The Morgan fingerprint density at radius 2 is 1.40 bits per heavy atom. The van der Waals surface area contributed by atoms with Crippen molar-refractivity contribution < 1.29 is 59.2 Å². The number of allylic oxidation sites excluding steroid dienone is 1. The van der Waals surface area contributed by atoms with Crippen molar-refractivity contribution in [1.29, 1.82) is 0 Å². The molecule has 2 heterocycles. The number of aliphatic hydroxyl groups excluding tert-OH is 2. The molecule has 12 nitrogen and oxygen atoms in total. The van der Waals surface area contributed by atoms with Crippen molar-refractivity contribution in [3.8, 4) is 34.5 Å². The van der Waals surface area contributed by atoms with Gasteiger partial charge in [-0.3, -0.25) is 9.59 Å². The molecular formula is C31H26O12. The highest BCUT2D eigenvalue weighted by atomic mass is 16.5. The van der Waals surface area contributed by atoms with Gasteiger partial charge in [0, 0.05) is 59.4 Å². The van der Waals surface area contributed by atoms with Crippen molar-refractivity contribution in [3.63, 3.8) is 0 Å². The molecule has 6 N–H and O–H groups in total. The lowest BCUT2D eigenvalue weighted by Crippen LogP contribution is -2.40. The normalized spacial score (nSPS) is 22.3. The second-order valence-electron chi connectivity index (χ2n) is 10.5. The molecule has 0 spiro atoms. The van der Waals surface area contributed by atoms with Crippen LogP contribution in [0.25, 0.3) is 5.57 Å². The Balaban J connectivity index is 1.51. The number of rotatable bonds is 4. The van der Waals surface area contributed by atoms with Crippen molar-refractivity contribution in [2.75, 3.05) is 6.61 Å². The highest BCUT2D eigenvalue weighted by Crippen LogP contribution is 2.45. The Hall–Kier alpha value is -5.07. The minimum absolute atomic E-state index is 0.0361. The van der Waals surface area contributed by atoms with Gasteiger partial charge < -0.3 is 44.8 Å². The van der Waals surface area contributed by atoms with Gasteiger partial charge in [0.15, 0.2) is 6.10 Å². The van der Waals surface area contributed by atoms with E-state index in [-0.39, 0.29) is 92.9 Å². The van der Waals surface area contributed by atoms with E-state index in [1.165, 1.54) is 24.3 Å². The van der Waals surface area contributed by atoms with Crippen LogP contribution in [0.4, 0.5) is 0 Å². The summed E-state index contributed by atoms with van der Waals surface area (Å²) in [5, 5.41) is 62.6. The number of ether oxygens (including phenoxy) is 3. The maximum Gasteiger partial charge on any atom is 0.338 e. The minimum Gasteiger partial charge on any atom is -0.508 e. The number of ketones is 2. The Morgan fingerprint density at radius 3 is 1.98 bits per heavy atom. The number of aliphatic hydroxyl groups is 2. The van der Waals surface area contributed by atoms with Gasteiger partial charge >= 0.3 is 5.97 Å². The van der Waals surface area contributed by atoms with E-state index >= 15 is 0 Å². The summed E-state index contributed by atoms with van der Waals surface area (Å²) in [6.07, 6.45) is -4.22. The smallest absolute Gasteiger partial charge is 0.338 e. The molecule has 3 aromatic carbocycles. The highest BCUT2D eigenvalue weighted by Gasteiger charge is 2.42. The molecule has 6 rings (SSSR count). The van der Waals surface area contributed by atoms with Crippen molar-refractivity contribution in [1.82, 2.24) is 0 Å². The zero-order chi connectivity index (χ0) is 30.7. The van der Waals surface area contributed by atoms with Crippen LogP contribution < -0.4 is 9.47 Å². The van der Waals surface area contributed by atoms with Crippen LogP contribution in [0.15, 0.2) is 42.5 Å². The first kappa shape index (κ1) is 28.1. The number of benzene rings is 3. The molecule has 222 valence electrons. The van der Waals surface area contributed by atoms with Crippen LogP contribution in [-0.2, 0) is 22.4 Å². The molecule has 0 amide bonds. The third kappa shape index (κ3) is 4.70. The van der Waals surface area contributed by atoms with E-state index in [0.717, 1.165) is 18.2 Å². The third-order valence-corrected chi connectivity index (χ3v) is 7.71. The molecule has 0 bridgehead atoms. The predicted molar refractivity (Wildman–Crippen MR) is 146 cm³/mol. The largest absolute Gasteiger partial charge is 0.508 e. The lowest BCUT2D eigenvalue weighted by Gasteiger charge is -2.35. The second-order valence-corrected chi connectivity index (χ2v) is 10.5. The summed E-state index contributed by atoms with van der Waals surface area (Å²) in [7, 11) is 0. The van der Waals surface area contributed by atoms with Crippen LogP contribution >= 0.6 is 0 Å². The first-order valence-corrected chi connectivity index (χ1v) is 13.4. The van der Waals surface area contributed by atoms with E-state index in [9.17, 15) is 45.0 Å². The molecule has 0 radical (unpaired) electrons. The summed E-state index contributed by atoms with van der Waals surface area (Å²) in [6, 6.07) is 7.41. The lowest BCUT2D eigenvalue weighted by atomic mass is 9.79. The molecular weight excluding hydrogens is 564 g/mol. The van der Waals surface area contributed by atoms with Crippen molar-refractivity contribution in [3.05, 3.63) is 75.9 Å². The zero-order valence-corrected chi connectivity index (χ0v) is 22.6. The number of hydrogen-bond acceptors (Lipinski definition) is 12. The maximum atomic E-state index is 13.2. The lowest BCUT2D eigenvalue weighted by molar-refractivity contribution is -0.111. The van der Waals surface area contributed by atoms with Gasteiger partial charge in [0.25, 0.3) is 0 Å². The number of Topliss-reactive ketones (excluding diaryl/α,β-unsaturated/α-hetero) is 1. The van der Waals surface area contributed by atoms with E-state index < -0.39 is 42.0 Å². The van der Waals surface area contributed by atoms with E-state index in [1.807, 2.05) is 0 Å². The molecule has 0 fully saturated rings. The number of fused-ring (bicyclic) bond motifs is 3. The first-order valence-electron chi connectivity index (χ1n) is 13.4. The Morgan fingerprint density at radius 1 is 0.837 bits per heavy atom. The number of carbonyl (C=O) groups is 3. The van der Waals surface area contributed by atoms with Crippen LogP contribution in [0.2, 0.25) is 0 Å². The van der Waals surface area contributed by atoms with Crippen LogP contribution in [-0.4, -0.2) is 73.1 Å². The molecule has 0 unspecified atom stereocenters. The van der Waals surface area contributed by atoms with E-state index in [1.54, 1.807) is 6.92 Å². The fraction of sp³-hybridized carbons (Fsp3) is 0.258. The van der Waals surface area contributed by atoms with Gasteiger partial charge in [-0.15, -0.1) is 0 Å². The van der Waals surface area contributed by atoms with Gasteiger partial charge in [-0.05, 0) is 36.3 Å². The molecule has 3 aliphatic rings. The molecule has 43 heavy (non-hydrogen) atoms. The minimum atomic E-state index is -1.33. The summed E-state index contributed by atoms with van der Waals surface area (Å²) in [5.41, 5.74) is 0.194. The monoisotopic (exact) mass is 590 g/mol. The Kier molecular flexibility index (Phi) is 6.74. The molecule has 12 heteroatoms. The van der Waals surface area contributed by atoms with Gasteiger partial charge in [-0.25, -0.2) is 4.79 Å². The number of hydrogen-bond donors (Lipinski definition) is 6. The molecule has 0 aromatic heterocycles. The molecule has 3 aromatic rings. The second kappa shape index (κ2) is 10.3. The van der Waals surface area contributed by atoms with Crippen LogP contribution in [0.1, 0.15) is 56.0 Å². The molecule has 0 saturated carbocycles. The van der Waals surface area contributed by atoms with Crippen LogP contribution in [0.5, 0.6) is 34.5 Å². The highest BCUT2D eigenvalue weighted by molar-refractivity contribution is 6.51. The SMILES string of the molecule is CCOC(=O)c1cc([C@H]2Oc3cc(O)cc(O)c3C[C@H]2O)cc2c1C(=O)C(=O)C=C2[C@H]1Oc2cc(O)cc(O)c2C[C@H]1O. The topological polar surface area (TPSA) is 200 Å². The Labute approximate surface area is 243 Å². The zero-order valence-electron chi connectivity index (χ0n) is 22.6. The average molecular weight is 591 g/mol. The van der Waals surface area contributed by atoms with Crippen LogP contribution in [0.3, 0.4) is 0 Å². The summed E-state index contributed by atoms with van der Waals surface area (Å²) in [4.78, 5) is 39.3. The molecule has 1 aliphatic carbocycles. The van der Waals surface area contributed by atoms with E-state index in [4.69, 9.17) is 14.2 Å². The number of aromatic hydroxyl groups is 4. The Bertz CT molecular complexity index is 1740. The van der Waals surface area contributed by atoms with Crippen molar-refractivity contribution in [2.24, 2.45) is 0 Å². The summed E-state index contributed by atoms with van der Waals surface area (Å²) in [5.74, 6) is -3.92. The van der Waals surface area contributed by atoms with Gasteiger partial charge in [0.1, 0.15) is 40.6 Å². The fourth-order valence-electron chi connectivity index (χ4n) is 5.79. The third-order valence-electron chi connectivity index (χ3n) is 7.71. The number of phenolic OH excluding ortho intramolecular Hbond substituents is 4. The van der Waals surface area contributed by atoms with Crippen molar-refractivity contribution in [2.45, 2.75) is 44.2 Å². The maximum absolute atomic E-state index is 13.2. The summed E-state index contributed by atoms with van der Waals surface area (Å²) in [6.45, 7) is 1.51. The van der Waals surface area contributed by atoms with Gasteiger partial charge in [-0.1, -0.05) is 0 Å². The molecule has 2 aliphatic heterocycles. The van der Waals surface area contributed by atoms with Crippen LogP contribution in [0, 0.1) is 0 Å². The quantitative estimate of drug-likeness (QED) is 0.192. The summed E-state index contributed by atoms with van der Waals surface area (Å²) < 4.78 is 17.1. The number of carbonyl (C=O) groups excluding carboxylic acids is 3. The van der Waals surface area contributed by atoms with E-state index in [0.29, 0.717) is 0 Å². The van der Waals surface area contributed by atoms with Gasteiger partial charge in [0.05, 0.1) is 24.4 Å². The predicted octanol–water partition coefficient (Wildman–Crippen LogP) is 2.24. The van der Waals surface area contributed by atoms with Crippen molar-refractivity contribution >= 4 is 23.1 Å². The molecule has 4 atom stereocenters. The van der Waals surface area contributed by atoms with Gasteiger partial charge in [-0.2, -0.15) is 0 Å². The average Bonchev–Trinajstić information content (AvgIpc) is 2.95.